The van der Waals surface area contributed by atoms with Crippen LogP contribution in [0, 0.1) is 0 Å². The van der Waals surface area contributed by atoms with Gasteiger partial charge in [0.05, 0.1) is 12.2 Å². The SMILES string of the molecule is CC[C@H]1O[C@@H](C)CC1NP(=O)(O)OC. The van der Waals surface area contributed by atoms with E-state index in [9.17, 15) is 9.46 Å². The molecule has 0 radical (unpaired) electrons. The maximum atomic E-state index is 11.3. The van der Waals surface area contributed by atoms with Crippen molar-refractivity contribution in [3.8, 4) is 0 Å². The van der Waals surface area contributed by atoms with E-state index in [4.69, 9.17) is 4.74 Å². The van der Waals surface area contributed by atoms with Crippen LogP contribution in [0.3, 0.4) is 0 Å². The van der Waals surface area contributed by atoms with Crippen LogP contribution in [-0.4, -0.2) is 30.3 Å². The smallest absolute Gasteiger partial charge is 0.374 e. The zero-order valence-corrected chi connectivity index (χ0v) is 9.66. The van der Waals surface area contributed by atoms with Gasteiger partial charge in [0.1, 0.15) is 0 Å². The summed E-state index contributed by atoms with van der Waals surface area (Å²) in [5.41, 5.74) is 0. The molecule has 6 heteroatoms. The third-order valence-corrected chi connectivity index (χ3v) is 3.57. The van der Waals surface area contributed by atoms with Crippen LogP contribution in [-0.2, 0) is 13.8 Å². The average molecular weight is 223 g/mol. The van der Waals surface area contributed by atoms with Gasteiger partial charge in [0.25, 0.3) is 0 Å². The highest BCUT2D eigenvalue weighted by atomic mass is 31.2. The summed E-state index contributed by atoms with van der Waals surface area (Å²) in [7, 11) is -2.41. The minimum atomic E-state index is -3.63. The Labute approximate surface area is 84.4 Å². The molecule has 2 N–H and O–H groups in total. The standard InChI is InChI=1S/C8H18NO4P/c1-4-8-7(5-6(2)13-8)9-14(10,11)12-3/h6-8H,4-5H2,1-3H3,(H2,9,10,11)/t6-,7?,8+/m0/s1. The monoisotopic (exact) mass is 223 g/mol. The second-order valence-electron chi connectivity index (χ2n) is 3.57. The van der Waals surface area contributed by atoms with Crippen molar-refractivity contribution in [2.24, 2.45) is 0 Å². The van der Waals surface area contributed by atoms with Gasteiger partial charge in [-0.05, 0) is 19.8 Å². The van der Waals surface area contributed by atoms with Crippen LogP contribution in [0.25, 0.3) is 0 Å². The first-order chi connectivity index (χ1) is 6.48. The fraction of sp³-hybridized carbons (Fsp3) is 1.00. The van der Waals surface area contributed by atoms with Crippen molar-refractivity contribution in [3.63, 3.8) is 0 Å². The first kappa shape index (κ1) is 12.1. The second-order valence-corrected chi connectivity index (χ2v) is 5.23. The van der Waals surface area contributed by atoms with Crippen LogP contribution in [0.15, 0.2) is 0 Å². The molecule has 0 bridgehead atoms. The summed E-state index contributed by atoms with van der Waals surface area (Å²) in [4.78, 5) is 9.25. The highest BCUT2D eigenvalue weighted by Crippen LogP contribution is 2.39. The molecular weight excluding hydrogens is 205 g/mol. The van der Waals surface area contributed by atoms with Crippen molar-refractivity contribution in [3.05, 3.63) is 0 Å². The Bertz CT molecular complexity index is 235. The molecule has 0 amide bonds. The van der Waals surface area contributed by atoms with E-state index in [-0.39, 0.29) is 18.2 Å². The fourth-order valence-corrected chi connectivity index (χ4v) is 2.53. The second kappa shape index (κ2) is 4.73. The first-order valence-corrected chi connectivity index (χ1v) is 6.38. The molecule has 0 saturated carbocycles. The Hall–Kier alpha value is 0.0700. The maximum absolute atomic E-state index is 11.3. The lowest BCUT2D eigenvalue weighted by atomic mass is 10.1. The van der Waals surface area contributed by atoms with Gasteiger partial charge in [-0.15, -0.1) is 0 Å². The van der Waals surface area contributed by atoms with Crippen LogP contribution < -0.4 is 5.09 Å². The van der Waals surface area contributed by atoms with Crippen molar-refractivity contribution >= 4 is 7.75 Å². The van der Waals surface area contributed by atoms with Crippen molar-refractivity contribution < 1.29 is 18.7 Å². The van der Waals surface area contributed by atoms with Crippen LogP contribution >= 0.6 is 7.75 Å². The predicted molar refractivity (Wildman–Crippen MR) is 53.0 cm³/mol. The summed E-state index contributed by atoms with van der Waals surface area (Å²) in [6.45, 7) is 3.95. The Balaban J connectivity index is 2.55. The molecule has 1 aliphatic heterocycles. The number of nitrogens with one attached hydrogen (secondary N) is 1. The van der Waals surface area contributed by atoms with Crippen molar-refractivity contribution in [2.45, 2.75) is 44.9 Å². The Morgan fingerprint density at radius 1 is 1.71 bits per heavy atom. The topological polar surface area (TPSA) is 67.8 Å². The first-order valence-electron chi connectivity index (χ1n) is 4.80. The number of ether oxygens (including phenoxy) is 1. The molecule has 84 valence electrons. The van der Waals surface area contributed by atoms with Gasteiger partial charge in [0, 0.05) is 13.2 Å². The van der Waals surface area contributed by atoms with E-state index in [1.165, 1.54) is 7.11 Å². The van der Waals surface area contributed by atoms with Crippen LogP contribution in [0.2, 0.25) is 0 Å². The molecule has 1 rings (SSSR count). The Morgan fingerprint density at radius 2 is 2.36 bits per heavy atom. The van der Waals surface area contributed by atoms with E-state index in [0.29, 0.717) is 0 Å². The Kier molecular flexibility index (Phi) is 4.10. The molecule has 1 aliphatic rings. The third kappa shape index (κ3) is 3.04. The molecule has 1 heterocycles. The van der Waals surface area contributed by atoms with Crippen LogP contribution in [0.4, 0.5) is 0 Å². The fourth-order valence-electron chi connectivity index (χ4n) is 1.74. The zero-order chi connectivity index (χ0) is 10.8. The molecule has 4 atom stereocenters. The summed E-state index contributed by atoms with van der Waals surface area (Å²) < 4.78 is 21.3. The highest BCUT2D eigenvalue weighted by Gasteiger charge is 2.35. The number of rotatable bonds is 4. The molecule has 14 heavy (non-hydrogen) atoms. The number of hydrogen-bond acceptors (Lipinski definition) is 3. The lowest BCUT2D eigenvalue weighted by molar-refractivity contribution is 0.0479. The maximum Gasteiger partial charge on any atom is 0.403 e. The quantitative estimate of drug-likeness (QED) is 0.703. The molecule has 0 aromatic carbocycles. The van der Waals surface area contributed by atoms with Gasteiger partial charge in [-0.3, -0.25) is 0 Å². The van der Waals surface area contributed by atoms with Crippen LogP contribution in [0.5, 0.6) is 0 Å². The summed E-state index contributed by atoms with van der Waals surface area (Å²) in [5, 5.41) is 2.60. The summed E-state index contributed by atoms with van der Waals surface area (Å²) in [5.74, 6) is 0. The minimum Gasteiger partial charge on any atom is -0.374 e. The van der Waals surface area contributed by atoms with Gasteiger partial charge >= 0.3 is 7.75 Å². The molecule has 1 saturated heterocycles. The van der Waals surface area contributed by atoms with Gasteiger partial charge in [-0.1, -0.05) is 6.92 Å². The Morgan fingerprint density at radius 3 is 2.86 bits per heavy atom. The molecule has 2 unspecified atom stereocenters. The molecule has 5 nitrogen and oxygen atoms in total. The summed E-state index contributed by atoms with van der Waals surface area (Å²) in [6, 6.07) is -0.0919. The molecule has 0 spiro atoms. The summed E-state index contributed by atoms with van der Waals surface area (Å²) >= 11 is 0. The minimum absolute atomic E-state index is 0.000579. The third-order valence-electron chi connectivity index (χ3n) is 2.42. The predicted octanol–water partition coefficient (Wildman–Crippen LogP) is 1.28. The van der Waals surface area contributed by atoms with Gasteiger partial charge in [0.15, 0.2) is 0 Å². The van der Waals surface area contributed by atoms with E-state index >= 15 is 0 Å². The zero-order valence-electron chi connectivity index (χ0n) is 8.77. The normalized spacial score (nSPS) is 37.0. The van der Waals surface area contributed by atoms with E-state index in [1.54, 1.807) is 0 Å². The molecule has 0 aliphatic carbocycles. The summed E-state index contributed by atoms with van der Waals surface area (Å²) in [6.07, 6.45) is 1.70. The van der Waals surface area contributed by atoms with E-state index < -0.39 is 7.75 Å². The largest absolute Gasteiger partial charge is 0.403 e. The lowest BCUT2D eigenvalue weighted by Gasteiger charge is -2.20. The lowest BCUT2D eigenvalue weighted by Crippen LogP contribution is -2.34. The molecular formula is C8H18NO4P. The van der Waals surface area contributed by atoms with Crippen LogP contribution in [0.1, 0.15) is 26.7 Å². The average Bonchev–Trinajstić information content (AvgIpc) is 2.45. The molecule has 1 fully saturated rings. The number of hydrogen-bond donors (Lipinski definition) is 2. The van der Waals surface area contributed by atoms with Crippen molar-refractivity contribution in [1.29, 1.82) is 0 Å². The highest BCUT2D eigenvalue weighted by molar-refractivity contribution is 7.50. The van der Waals surface area contributed by atoms with Crippen molar-refractivity contribution in [1.82, 2.24) is 5.09 Å². The van der Waals surface area contributed by atoms with E-state index in [0.717, 1.165) is 12.8 Å². The molecule has 0 aromatic heterocycles. The van der Waals surface area contributed by atoms with E-state index in [1.807, 2.05) is 13.8 Å². The van der Waals surface area contributed by atoms with Gasteiger partial charge in [0.2, 0.25) is 0 Å². The van der Waals surface area contributed by atoms with Gasteiger partial charge in [-0.25, -0.2) is 9.65 Å². The van der Waals surface area contributed by atoms with Gasteiger partial charge < -0.3 is 14.2 Å². The van der Waals surface area contributed by atoms with Gasteiger partial charge in [-0.2, -0.15) is 0 Å². The molecule has 0 aromatic rings. The van der Waals surface area contributed by atoms with Crippen molar-refractivity contribution in [2.75, 3.05) is 7.11 Å². The van der Waals surface area contributed by atoms with E-state index in [2.05, 4.69) is 9.61 Å².